The fourth-order valence-electron chi connectivity index (χ4n) is 9.55. The fourth-order valence-corrected chi connectivity index (χ4v) is 9.55. The zero-order chi connectivity index (χ0) is 41.4. The number of furan rings is 1. The molecule has 0 bridgehead atoms. The number of fused-ring (bicyclic) bond motifs is 10. The van der Waals surface area contributed by atoms with Crippen molar-refractivity contribution in [3.63, 3.8) is 0 Å². The molecule has 6 heteroatoms. The van der Waals surface area contributed by atoms with Crippen LogP contribution in [-0.4, -0.2) is 24.1 Å². The molecule has 0 saturated heterocycles. The van der Waals surface area contributed by atoms with Crippen LogP contribution in [0.4, 0.5) is 0 Å². The summed E-state index contributed by atoms with van der Waals surface area (Å²) < 4.78 is 11.0. The Morgan fingerprint density at radius 3 is 1.59 bits per heavy atom. The number of hydrogen-bond acceptors (Lipinski definition) is 4. The zero-order valence-corrected chi connectivity index (χ0v) is 33.9. The van der Waals surface area contributed by atoms with Crippen molar-refractivity contribution in [1.29, 1.82) is 0 Å². The first-order chi connectivity index (χ1) is 31.2. The van der Waals surface area contributed by atoms with E-state index in [1.807, 2.05) is 48.5 Å². The van der Waals surface area contributed by atoms with E-state index < -0.39 is 0 Å². The number of hydrogen-bond donors (Lipinski definition) is 0. The van der Waals surface area contributed by atoms with Gasteiger partial charge in [-0.25, -0.2) is 4.98 Å². The van der Waals surface area contributed by atoms with Crippen molar-refractivity contribution in [2.45, 2.75) is 0 Å². The molecule has 4 heterocycles. The molecular weight excluding hydrogens is 771 g/mol. The summed E-state index contributed by atoms with van der Waals surface area (Å²) in [6, 6.07) is 74.5. The molecule has 0 amide bonds. The van der Waals surface area contributed by atoms with Crippen LogP contribution in [0.2, 0.25) is 0 Å². The third kappa shape index (κ3) is 5.55. The van der Waals surface area contributed by atoms with Crippen LogP contribution in [0.5, 0.6) is 0 Å². The highest BCUT2D eigenvalue weighted by molar-refractivity contribution is 6.23. The van der Waals surface area contributed by atoms with E-state index >= 15 is 0 Å². The van der Waals surface area contributed by atoms with E-state index in [9.17, 15) is 0 Å². The third-order valence-corrected chi connectivity index (χ3v) is 12.4. The smallest absolute Gasteiger partial charge is 0.238 e. The Hall–Kier alpha value is -8.61. The number of rotatable bonds is 6. The molecule has 9 aromatic carbocycles. The first-order valence-electron chi connectivity index (χ1n) is 21.2. The topological polar surface area (TPSA) is 61.7 Å². The highest BCUT2D eigenvalue weighted by Gasteiger charge is 2.24. The Kier molecular flexibility index (Phi) is 7.80. The van der Waals surface area contributed by atoms with E-state index in [4.69, 9.17) is 19.4 Å². The Morgan fingerprint density at radius 2 is 0.857 bits per heavy atom. The summed E-state index contributed by atoms with van der Waals surface area (Å²) in [5, 5.41) is 6.54. The Morgan fingerprint density at radius 1 is 0.333 bits per heavy atom. The SMILES string of the molecule is c1ccc(-c2ccc(-c3cccc(-n4c5ccccc5c5ccc6c7ccccc7n(-c7nc(-c8ccccc8)nc(-c8cccc9oc%10ccccc%10c89)n7)c6c54)c3)cc2)cc1. The molecule has 0 saturated carbocycles. The molecule has 0 N–H and O–H groups in total. The lowest BCUT2D eigenvalue weighted by molar-refractivity contribution is 0.669. The van der Waals surface area contributed by atoms with Gasteiger partial charge in [-0.05, 0) is 58.7 Å². The third-order valence-electron chi connectivity index (χ3n) is 12.4. The van der Waals surface area contributed by atoms with E-state index in [0.29, 0.717) is 17.6 Å². The molecule has 0 aliphatic carbocycles. The highest BCUT2D eigenvalue weighted by atomic mass is 16.3. The summed E-state index contributed by atoms with van der Waals surface area (Å²) in [6.45, 7) is 0. The van der Waals surface area contributed by atoms with Gasteiger partial charge in [0, 0.05) is 49.1 Å². The number of para-hydroxylation sites is 3. The Labute approximate surface area is 361 Å². The highest BCUT2D eigenvalue weighted by Crippen LogP contribution is 2.43. The lowest BCUT2D eigenvalue weighted by Crippen LogP contribution is -2.07. The van der Waals surface area contributed by atoms with Gasteiger partial charge in [0.15, 0.2) is 11.6 Å². The monoisotopic (exact) mass is 805 g/mol. The maximum atomic E-state index is 6.36. The molecule has 0 aliphatic heterocycles. The van der Waals surface area contributed by atoms with Crippen LogP contribution < -0.4 is 0 Å². The number of nitrogens with zero attached hydrogens (tertiary/aromatic N) is 5. The maximum absolute atomic E-state index is 6.36. The minimum absolute atomic E-state index is 0.534. The second-order valence-electron chi connectivity index (χ2n) is 16.0. The summed E-state index contributed by atoms with van der Waals surface area (Å²) in [5.74, 6) is 1.69. The normalized spacial score (nSPS) is 11.8. The van der Waals surface area contributed by atoms with E-state index in [1.54, 1.807) is 0 Å². The van der Waals surface area contributed by atoms with Gasteiger partial charge < -0.3 is 8.98 Å². The largest absolute Gasteiger partial charge is 0.456 e. The average Bonchev–Trinajstić information content (AvgIpc) is 4.03. The van der Waals surface area contributed by atoms with Gasteiger partial charge in [-0.15, -0.1) is 0 Å². The molecule has 63 heavy (non-hydrogen) atoms. The Balaban J connectivity index is 1.10. The standard InChI is InChI=1S/C57H35N5O/c1-3-15-36(16-4-1)37-29-31-38(32-30-37)40-19-13-20-41(35-40)61-48-25-10-7-21-42(48)44-33-34-45-43-22-8-11-26-49(43)62(54(45)53(44)61)57-59-55(39-17-5-2-6-18-39)58-56(60-57)47-24-14-28-51-52(47)46-23-9-12-27-50(46)63-51/h1-35H. The predicted octanol–water partition coefficient (Wildman–Crippen LogP) is 14.6. The fraction of sp³-hybridized carbons (Fsp3) is 0. The van der Waals surface area contributed by atoms with Crippen LogP contribution in [0, 0.1) is 0 Å². The molecule has 13 aromatic rings. The van der Waals surface area contributed by atoms with Crippen LogP contribution >= 0.6 is 0 Å². The summed E-state index contributed by atoms with van der Waals surface area (Å²) >= 11 is 0. The van der Waals surface area contributed by atoms with Gasteiger partial charge in [0.2, 0.25) is 5.95 Å². The first-order valence-corrected chi connectivity index (χ1v) is 21.2. The van der Waals surface area contributed by atoms with Gasteiger partial charge in [0.05, 0.1) is 22.1 Å². The molecule has 4 aromatic heterocycles. The molecule has 0 atom stereocenters. The lowest BCUT2D eigenvalue weighted by atomic mass is 10.00. The maximum Gasteiger partial charge on any atom is 0.238 e. The minimum atomic E-state index is 0.534. The van der Waals surface area contributed by atoms with Crippen molar-refractivity contribution in [3.8, 4) is 56.7 Å². The summed E-state index contributed by atoms with van der Waals surface area (Å²) in [5.41, 5.74) is 13.4. The minimum Gasteiger partial charge on any atom is -0.456 e. The molecule has 0 aliphatic rings. The molecule has 294 valence electrons. The van der Waals surface area contributed by atoms with Gasteiger partial charge in [-0.1, -0.05) is 176 Å². The summed E-state index contributed by atoms with van der Waals surface area (Å²) in [4.78, 5) is 16.0. The van der Waals surface area contributed by atoms with E-state index in [-0.39, 0.29) is 0 Å². The van der Waals surface area contributed by atoms with Gasteiger partial charge in [-0.3, -0.25) is 4.57 Å². The first kappa shape index (κ1) is 35.2. The molecule has 0 spiro atoms. The van der Waals surface area contributed by atoms with Gasteiger partial charge in [0.25, 0.3) is 0 Å². The van der Waals surface area contributed by atoms with Crippen molar-refractivity contribution >= 4 is 65.6 Å². The lowest BCUT2D eigenvalue weighted by Gasteiger charge is -2.14. The molecule has 0 fully saturated rings. The van der Waals surface area contributed by atoms with Crippen molar-refractivity contribution in [1.82, 2.24) is 24.1 Å². The second-order valence-corrected chi connectivity index (χ2v) is 16.0. The molecule has 13 rings (SSSR count). The van der Waals surface area contributed by atoms with Gasteiger partial charge in [-0.2, -0.15) is 9.97 Å². The van der Waals surface area contributed by atoms with Crippen molar-refractivity contribution < 1.29 is 4.42 Å². The van der Waals surface area contributed by atoms with Gasteiger partial charge >= 0.3 is 0 Å². The Bertz CT molecular complexity index is 3900. The van der Waals surface area contributed by atoms with Crippen molar-refractivity contribution in [2.24, 2.45) is 0 Å². The molecule has 0 radical (unpaired) electrons. The van der Waals surface area contributed by atoms with Crippen molar-refractivity contribution in [2.75, 3.05) is 0 Å². The summed E-state index contributed by atoms with van der Waals surface area (Å²) in [6.07, 6.45) is 0. The van der Waals surface area contributed by atoms with Crippen LogP contribution in [0.15, 0.2) is 217 Å². The van der Waals surface area contributed by atoms with E-state index in [2.05, 4.69) is 173 Å². The van der Waals surface area contributed by atoms with Crippen LogP contribution in [-0.2, 0) is 0 Å². The zero-order valence-electron chi connectivity index (χ0n) is 33.9. The van der Waals surface area contributed by atoms with Gasteiger partial charge in [0.1, 0.15) is 11.2 Å². The van der Waals surface area contributed by atoms with E-state index in [0.717, 1.165) is 88.1 Å². The molecule has 6 nitrogen and oxygen atoms in total. The molecular formula is C57H35N5O. The number of aromatic nitrogens is 5. The van der Waals surface area contributed by atoms with E-state index in [1.165, 1.54) is 16.5 Å². The van der Waals surface area contributed by atoms with Crippen LogP contribution in [0.3, 0.4) is 0 Å². The second kappa shape index (κ2) is 14.0. The van der Waals surface area contributed by atoms with Crippen LogP contribution in [0.25, 0.3) is 122 Å². The summed E-state index contributed by atoms with van der Waals surface area (Å²) in [7, 11) is 0. The quantitative estimate of drug-likeness (QED) is 0.168. The van der Waals surface area contributed by atoms with Crippen molar-refractivity contribution in [3.05, 3.63) is 212 Å². The molecule has 0 unspecified atom stereocenters. The van der Waals surface area contributed by atoms with Crippen LogP contribution in [0.1, 0.15) is 0 Å². The number of benzene rings is 9. The predicted molar refractivity (Wildman–Crippen MR) is 258 cm³/mol. The average molecular weight is 806 g/mol.